The number of para-hydroxylation sites is 1. The third kappa shape index (κ3) is 4.23. The largest absolute Gasteiger partial charge is 0.311 e. The highest BCUT2D eigenvalue weighted by atomic mass is 15.1. The summed E-state index contributed by atoms with van der Waals surface area (Å²) in [6.07, 6.45) is 16.9. The van der Waals surface area contributed by atoms with Crippen molar-refractivity contribution in [3.63, 3.8) is 0 Å². The summed E-state index contributed by atoms with van der Waals surface area (Å²) >= 11 is 0. The highest BCUT2D eigenvalue weighted by molar-refractivity contribution is 6.22. The molecular formula is C30H32BN. The first-order valence-corrected chi connectivity index (χ1v) is 11.4. The molecule has 0 radical (unpaired) electrons. The van der Waals surface area contributed by atoms with E-state index < -0.39 is 0 Å². The van der Waals surface area contributed by atoms with E-state index in [4.69, 9.17) is 0 Å². The molecule has 32 heavy (non-hydrogen) atoms. The molecule has 0 atom stereocenters. The molecule has 2 aliphatic carbocycles. The summed E-state index contributed by atoms with van der Waals surface area (Å²) in [6, 6.07) is 17.7. The molecular weight excluding hydrogens is 385 g/mol. The van der Waals surface area contributed by atoms with Gasteiger partial charge in [-0.15, -0.1) is 0 Å². The Morgan fingerprint density at radius 2 is 1.81 bits per heavy atom. The van der Waals surface area contributed by atoms with Crippen LogP contribution in [0.1, 0.15) is 38.3 Å². The second-order valence-corrected chi connectivity index (χ2v) is 9.36. The van der Waals surface area contributed by atoms with Gasteiger partial charge in [0.1, 0.15) is 7.85 Å². The van der Waals surface area contributed by atoms with E-state index in [1.807, 2.05) is 6.08 Å². The fourth-order valence-electron chi connectivity index (χ4n) is 4.96. The van der Waals surface area contributed by atoms with Crippen LogP contribution in [0.3, 0.4) is 0 Å². The highest BCUT2D eigenvalue weighted by Crippen LogP contribution is 2.45. The van der Waals surface area contributed by atoms with Gasteiger partial charge in [0.05, 0.1) is 0 Å². The monoisotopic (exact) mass is 417 g/mol. The van der Waals surface area contributed by atoms with Crippen molar-refractivity contribution in [3.05, 3.63) is 126 Å². The van der Waals surface area contributed by atoms with Crippen LogP contribution in [0.15, 0.2) is 114 Å². The fraction of sp³-hybridized carbons (Fsp3) is 0.200. The molecule has 2 heteroatoms. The Kier molecular flexibility index (Phi) is 6.23. The summed E-state index contributed by atoms with van der Waals surface area (Å²) in [6.45, 7) is 10.8. The van der Waals surface area contributed by atoms with Crippen molar-refractivity contribution in [1.82, 2.24) is 0 Å². The maximum Gasteiger partial charge on any atom is 0.137 e. The number of hydrogen-bond donors (Lipinski definition) is 0. The second kappa shape index (κ2) is 9.08. The van der Waals surface area contributed by atoms with Crippen molar-refractivity contribution in [1.29, 1.82) is 0 Å². The molecule has 0 saturated heterocycles. The lowest BCUT2D eigenvalue weighted by Crippen LogP contribution is -2.24. The molecule has 2 aromatic rings. The van der Waals surface area contributed by atoms with Crippen molar-refractivity contribution >= 4 is 24.8 Å². The molecule has 0 bridgehead atoms. The lowest BCUT2D eigenvalue weighted by atomic mass is 9.70. The molecule has 0 unspecified atom stereocenters. The third-order valence-corrected chi connectivity index (χ3v) is 6.53. The van der Waals surface area contributed by atoms with E-state index >= 15 is 0 Å². The topological polar surface area (TPSA) is 3.24 Å². The smallest absolute Gasteiger partial charge is 0.137 e. The van der Waals surface area contributed by atoms with Crippen LogP contribution in [0.25, 0.3) is 5.57 Å². The summed E-state index contributed by atoms with van der Waals surface area (Å²) in [5.41, 5.74) is 10.6. The summed E-state index contributed by atoms with van der Waals surface area (Å²) in [4.78, 5) is 2.40. The lowest BCUT2D eigenvalue weighted by molar-refractivity contribution is 0.449. The van der Waals surface area contributed by atoms with Crippen LogP contribution in [-0.2, 0) is 6.42 Å². The van der Waals surface area contributed by atoms with Crippen molar-refractivity contribution < 1.29 is 0 Å². The number of hydrogen-bond acceptors (Lipinski definition) is 1. The Balaban J connectivity index is 1.86. The minimum Gasteiger partial charge on any atom is -0.311 e. The van der Waals surface area contributed by atoms with Gasteiger partial charge >= 0.3 is 0 Å². The maximum absolute atomic E-state index is 3.85. The Bertz CT molecular complexity index is 1170. The zero-order valence-electron chi connectivity index (χ0n) is 19.7. The first-order chi connectivity index (χ1) is 15.4. The molecule has 0 saturated carbocycles. The fourth-order valence-corrected chi connectivity index (χ4v) is 4.96. The van der Waals surface area contributed by atoms with Gasteiger partial charge in [0.2, 0.25) is 0 Å². The minimum atomic E-state index is 0.0775. The SMILES string of the molecule is BC1=C(N(c2ccccc2)c2ccc3c(c2)CC(C)(C)C(/C=C\C=C)=C3C)C=CC=CC1. The van der Waals surface area contributed by atoms with Crippen molar-refractivity contribution in [3.8, 4) is 0 Å². The number of allylic oxidation sites excluding steroid dienone is 10. The Morgan fingerprint density at radius 3 is 2.56 bits per heavy atom. The first-order valence-electron chi connectivity index (χ1n) is 11.4. The maximum atomic E-state index is 3.85. The Labute approximate surface area is 194 Å². The van der Waals surface area contributed by atoms with E-state index in [1.54, 1.807) is 0 Å². The molecule has 0 fully saturated rings. The van der Waals surface area contributed by atoms with Crippen LogP contribution in [-0.4, -0.2) is 7.85 Å². The molecule has 0 aromatic heterocycles. The van der Waals surface area contributed by atoms with E-state index in [9.17, 15) is 0 Å². The van der Waals surface area contributed by atoms with Gasteiger partial charge in [-0.25, -0.2) is 0 Å². The minimum absolute atomic E-state index is 0.0775. The Morgan fingerprint density at radius 1 is 1.03 bits per heavy atom. The van der Waals surface area contributed by atoms with Crippen LogP contribution in [0, 0.1) is 5.41 Å². The van der Waals surface area contributed by atoms with Crippen molar-refractivity contribution in [2.45, 2.75) is 33.6 Å². The predicted octanol–water partition coefficient (Wildman–Crippen LogP) is 7.28. The van der Waals surface area contributed by atoms with Crippen LogP contribution >= 0.6 is 0 Å². The molecule has 0 spiro atoms. The first kappa shape index (κ1) is 22.0. The van der Waals surface area contributed by atoms with Gasteiger partial charge < -0.3 is 4.90 Å². The quantitative estimate of drug-likeness (QED) is 0.365. The van der Waals surface area contributed by atoms with Crippen molar-refractivity contribution in [2.75, 3.05) is 4.90 Å². The zero-order valence-corrected chi connectivity index (χ0v) is 19.7. The zero-order chi connectivity index (χ0) is 22.7. The van der Waals surface area contributed by atoms with Gasteiger partial charge in [0, 0.05) is 17.1 Å². The number of fused-ring (bicyclic) bond motifs is 1. The Hall–Kier alpha value is -3.26. The normalized spacial score (nSPS) is 17.5. The number of benzene rings is 2. The molecule has 0 heterocycles. The average Bonchev–Trinajstić information content (AvgIpc) is 2.98. The second-order valence-electron chi connectivity index (χ2n) is 9.36. The molecule has 0 aliphatic heterocycles. The van der Waals surface area contributed by atoms with Crippen molar-refractivity contribution in [2.24, 2.45) is 5.41 Å². The number of rotatable bonds is 5. The molecule has 0 N–H and O–H groups in total. The predicted molar refractivity (Wildman–Crippen MR) is 143 cm³/mol. The van der Waals surface area contributed by atoms with Gasteiger partial charge in [-0.05, 0) is 77.8 Å². The van der Waals surface area contributed by atoms with E-state index in [1.165, 1.54) is 44.8 Å². The van der Waals surface area contributed by atoms with E-state index in [2.05, 4.69) is 125 Å². The molecule has 1 nitrogen and oxygen atoms in total. The lowest BCUT2D eigenvalue weighted by Gasteiger charge is -2.36. The molecule has 4 rings (SSSR count). The van der Waals surface area contributed by atoms with Crippen LogP contribution in [0.5, 0.6) is 0 Å². The van der Waals surface area contributed by atoms with Crippen LogP contribution in [0.2, 0.25) is 0 Å². The van der Waals surface area contributed by atoms with Gasteiger partial charge in [-0.3, -0.25) is 0 Å². The van der Waals surface area contributed by atoms with E-state index in [0.29, 0.717) is 0 Å². The third-order valence-electron chi connectivity index (χ3n) is 6.53. The molecule has 160 valence electrons. The van der Waals surface area contributed by atoms with Gasteiger partial charge in [-0.2, -0.15) is 0 Å². The van der Waals surface area contributed by atoms with E-state index in [-0.39, 0.29) is 5.41 Å². The summed E-state index contributed by atoms with van der Waals surface area (Å²) in [5, 5.41) is 0. The van der Waals surface area contributed by atoms with Crippen LogP contribution in [0.4, 0.5) is 11.4 Å². The van der Waals surface area contributed by atoms with E-state index in [0.717, 1.165) is 12.8 Å². The number of nitrogens with zero attached hydrogens (tertiary/aromatic N) is 1. The molecule has 2 aromatic carbocycles. The molecule has 2 aliphatic rings. The average molecular weight is 417 g/mol. The summed E-state index contributed by atoms with van der Waals surface area (Å²) in [5.74, 6) is 0. The molecule has 0 amide bonds. The van der Waals surface area contributed by atoms with Crippen LogP contribution < -0.4 is 4.90 Å². The van der Waals surface area contributed by atoms with Gasteiger partial charge in [0.25, 0.3) is 0 Å². The summed E-state index contributed by atoms with van der Waals surface area (Å²) < 4.78 is 0. The highest BCUT2D eigenvalue weighted by Gasteiger charge is 2.31. The standard InChI is InChI=1S/C30H32BN/c1-5-6-15-27-22(2)26-19-18-25(20-23(26)21-30(27,3)4)32(24-13-9-7-10-14-24)29-17-12-8-11-16-28(29)31/h5-15,17-20H,1,16,21,31H2,2-4H3/b15-6-. The van der Waals surface area contributed by atoms with Gasteiger partial charge in [0.15, 0.2) is 0 Å². The van der Waals surface area contributed by atoms with Gasteiger partial charge in [-0.1, -0.05) is 86.6 Å². The number of anilines is 2. The summed E-state index contributed by atoms with van der Waals surface area (Å²) in [7, 11) is 2.23.